The van der Waals surface area contributed by atoms with Gasteiger partial charge in [0.1, 0.15) is 5.82 Å². The van der Waals surface area contributed by atoms with Gasteiger partial charge in [0.15, 0.2) is 0 Å². The van der Waals surface area contributed by atoms with Crippen LogP contribution in [-0.4, -0.2) is 35.3 Å². The second kappa shape index (κ2) is 5.32. The van der Waals surface area contributed by atoms with Gasteiger partial charge < -0.3 is 10.2 Å². The molecular weight excluding hydrogens is 295 g/mol. The van der Waals surface area contributed by atoms with Crippen molar-refractivity contribution in [3.05, 3.63) is 35.6 Å². The number of halogens is 1. The molecule has 0 spiro atoms. The number of hydrogen-bond acceptors (Lipinski definition) is 2. The van der Waals surface area contributed by atoms with E-state index in [1.807, 2.05) is 4.90 Å². The Morgan fingerprint density at radius 3 is 2.57 bits per heavy atom. The van der Waals surface area contributed by atoms with Crippen LogP contribution >= 0.6 is 0 Å². The van der Waals surface area contributed by atoms with Crippen LogP contribution in [0.3, 0.4) is 0 Å². The minimum absolute atomic E-state index is 0.00370. The van der Waals surface area contributed by atoms with Crippen LogP contribution < -0.4 is 5.32 Å². The van der Waals surface area contributed by atoms with E-state index < -0.39 is 5.41 Å². The van der Waals surface area contributed by atoms with Gasteiger partial charge in [-0.05, 0) is 49.8 Å². The monoisotopic (exact) mass is 316 g/mol. The molecule has 0 aromatic heterocycles. The smallest absolute Gasteiger partial charge is 0.232 e. The molecule has 4 nitrogen and oxygen atoms in total. The number of fused-ring (bicyclic) bond motifs is 1. The van der Waals surface area contributed by atoms with Crippen molar-refractivity contribution in [2.75, 3.05) is 6.54 Å². The van der Waals surface area contributed by atoms with E-state index in [9.17, 15) is 14.0 Å². The lowest BCUT2D eigenvalue weighted by atomic mass is 9.76. The number of benzene rings is 1. The average Bonchev–Trinajstić information content (AvgIpc) is 3.04. The number of carbonyl (C=O) groups excluding carboxylic acids is 2. The largest absolute Gasteiger partial charge is 0.353 e. The number of rotatable bonds is 3. The second-order valence-corrected chi connectivity index (χ2v) is 7.11. The normalized spacial score (nSPS) is 30.2. The van der Waals surface area contributed by atoms with Crippen molar-refractivity contribution >= 4 is 11.8 Å². The molecule has 0 bridgehead atoms. The number of hydrogen-bond donors (Lipinski definition) is 1. The van der Waals surface area contributed by atoms with E-state index >= 15 is 0 Å². The Balaban J connectivity index is 1.67. The van der Waals surface area contributed by atoms with Crippen molar-refractivity contribution in [2.45, 2.75) is 56.0 Å². The Kier molecular flexibility index (Phi) is 3.39. The van der Waals surface area contributed by atoms with Gasteiger partial charge in [0.25, 0.3) is 0 Å². The van der Waals surface area contributed by atoms with Crippen molar-refractivity contribution in [2.24, 2.45) is 0 Å². The maximum atomic E-state index is 13.3. The minimum atomic E-state index is -0.732. The van der Waals surface area contributed by atoms with Gasteiger partial charge in [0, 0.05) is 25.0 Å². The van der Waals surface area contributed by atoms with E-state index in [1.165, 1.54) is 12.1 Å². The molecule has 5 heteroatoms. The standard InChI is InChI=1S/C18H21FN2O2/c19-13-6-4-12(5-7-13)18(17(23)20-14-2-1-3-14)10-15-8-9-16(22)21(15)11-18/h4-7,14-15H,1-3,8-11H2,(H,20,23)/t15-,18-/m0/s1. The van der Waals surface area contributed by atoms with Gasteiger partial charge in [-0.3, -0.25) is 9.59 Å². The summed E-state index contributed by atoms with van der Waals surface area (Å²) in [5.74, 6) is -0.177. The summed E-state index contributed by atoms with van der Waals surface area (Å²) >= 11 is 0. The van der Waals surface area contributed by atoms with Gasteiger partial charge in [-0.15, -0.1) is 0 Å². The first kappa shape index (κ1) is 14.7. The summed E-state index contributed by atoms with van der Waals surface area (Å²) in [6, 6.07) is 6.59. The van der Waals surface area contributed by atoms with Crippen LogP contribution in [0.4, 0.5) is 4.39 Å². The Morgan fingerprint density at radius 2 is 1.96 bits per heavy atom. The Labute approximate surface area is 135 Å². The summed E-state index contributed by atoms with van der Waals surface area (Å²) in [5, 5.41) is 3.15. The van der Waals surface area contributed by atoms with Crippen molar-refractivity contribution in [1.29, 1.82) is 0 Å². The summed E-state index contributed by atoms with van der Waals surface area (Å²) in [7, 11) is 0. The van der Waals surface area contributed by atoms with E-state index in [2.05, 4.69) is 5.32 Å². The van der Waals surface area contributed by atoms with Crippen LogP contribution in [0.15, 0.2) is 24.3 Å². The Hall–Kier alpha value is -1.91. The summed E-state index contributed by atoms with van der Waals surface area (Å²) < 4.78 is 13.3. The zero-order chi connectivity index (χ0) is 16.0. The average molecular weight is 316 g/mol. The van der Waals surface area contributed by atoms with Gasteiger partial charge in [-0.25, -0.2) is 4.39 Å². The lowest BCUT2D eigenvalue weighted by Crippen LogP contribution is -2.51. The highest BCUT2D eigenvalue weighted by molar-refractivity contribution is 5.91. The molecule has 2 saturated heterocycles. The van der Waals surface area contributed by atoms with Crippen molar-refractivity contribution < 1.29 is 14.0 Å². The van der Waals surface area contributed by atoms with Gasteiger partial charge in [0.2, 0.25) is 11.8 Å². The van der Waals surface area contributed by atoms with Gasteiger partial charge >= 0.3 is 0 Å². The molecule has 2 aliphatic heterocycles. The SMILES string of the molecule is O=C1CC[C@H]2C[C@@](C(=O)NC3CCC3)(c3ccc(F)cc3)CN12. The fourth-order valence-electron chi connectivity index (χ4n) is 4.13. The lowest BCUT2D eigenvalue weighted by Gasteiger charge is -2.34. The van der Waals surface area contributed by atoms with Crippen LogP contribution in [0, 0.1) is 5.82 Å². The molecule has 1 saturated carbocycles. The second-order valence-electron chi connectivity index (χ2n) is 7.11. The third-order valence-corrected chi connectivity index (χ3v) is 5.75. The van der Waals surface area contributed by atoms with Gasteiger partial charge in [-0.1, -0.05) is 12.1 Å². The van der Waals surface area contributed by atoms with Gasteiger partial charge in [0.05, 0.1) is 5.41 Å². The molecule has 1 aromatic rings. The van der Waals surface area contributed by atoms with Crippen LogP contribution in [0.25, 0.3) is 0 Å². The highest BCUT2D eigenvalue weighted by Crippen LogP contribution is 2.43. The predicted molar refractivity (Wildman–Crippen MR) is 83.2 cm³/mol. The number of nitrogens with zero attached hydrogens (tertiary/aromatic N) is 1. The molecule has 1 aliphatic carbocycles. The molecule has 2 heterocycles. The Bertz CT molecular complexity index is 641. The minimum Gasteiger partial charge on any atom is -0.353 e. The maximum Gasteiger partial charge on any atom is 0.232 e. The van der Waals surface area contributed by atoms with E-state index in [4.69, 9.17) is 0 Å². The molecule has 23 heavy (non-hydrogen) atoms. The molecule has 0 unspecified atom stereocenters. The predicted octanol–water partition coefficient (Wildman–Crippen LogP) is 2.13. The zero-order valence-electron chi connectivity index (χ0n) is 13.1. The van der Waals surface area contributed by atoms with Crippen LogP contribution in [0.2, 0.25) is 0 Å². The summed E-state index contributed by atoms with van der Waals surface area (Å²) in [5.41, 5.74) is 0.0854. The topological polar surface area (TPSA) is 49.4 Å². The first-order chi connectivity index (χ1) is 11.1. The summed E-state index contributed by atoms with van der Waals surface area (Å²) in [6.07, 6.45) is 5.24. The fourth-order valence-corrected chi connectivity index (χ4v) is 4.13. The quantitative estimate of drug-likeness (QED) is 0.929. The van der Waals surface area contributed by atoms with E-state index in [0.29, 0.717) is 19.4 Å². The van der Waals surface area contributed by atoms with Crippen molar-refractivity contribution in [3.63, 3.8) is 0 Å². The highest BCUT2D eigenvalue weighted by Gasteiger charge is 2.54. The summed E-state index contributed by atoms with van der Waals surface area (Å²) in [6.45, 7) is 0.417. The van der Waals surface area contributed by atoms with Crippen LogP contribution in [0.5, 0.6) is 0 Å². The molecule has 2 amide bonds. The van der Waals surface area contributed by atoms with Crippen LogP contribution in [0.1, 0.15) is 44.1 Å². The third-order valence-electron chi connectivity index (χ3n) is 5.75. The van der Waals surface area contributed by atoms with E-state index in [0.717, 1.165) is 31.2 Å². The lowest BCUT2D eigenvalue weighted by molar-refractivity contribution is -0.130. The molecular formula is C18H21FN2O2. The van der Waals surface area contributed by atoms with E-state index in [-0.39, 0.29) is 29.7 Å². The van der Waals surface area contributed by atoms with E-state index in [1.54, 1.807) is 12.1 Å². The molecule has 3 aliphatic rings. The third kappa shape index (κ3) is 2.33. The first-order valence-electron chi connectivity index (χ1n) is 8.45. The molecule has 4 rings (SSSR count). The summed E-state index contributed by atoms with van der Waals surface area (Å²) in [4.78, 5) is 27.0. The number of amides is 2. The van der Waals surface area contributed by atoms with Crippen LogP contribution in [-0.2, 0) is 15.0 Å². The Morgan fingerprint density at radius 1 is 1.22 bits per heavy atom. The van der Waals surface area contributed by atoms with Crippen molar-refractivity contribution in [3.8, 4) is 0 Å². The highest BCUT2D eigenvalue weighted by atomic mass is 19.1. The number of nitrogens with one attached hydrogen (secondary N) is 1. The molecule has 0 radical (unpaired) electrons. The fraction of sp³-hybridized carbons (Fsp3) is 0.556. The molecule has 122 valence electrons. The molecule has 1 aromatic carbocycles. The first-order valence-corrected chi connectivity index (χ1v) is 8.45. The van der Waals surface area contributed by atoms with Crippen molar-refractivity contribution in [1.82, 2.24) is 10.2 Å². The number of carbonyl (C=O) groups is 2. The molecule has 3 fully saturated rings. The molecule has 1 N–H and O–H groups in total. The maximum absolute atomic E-state index is 13.3. The molecule has 2 atom stereocenters. The van der Waals surface area contributed by atoms with Gasteiger partial charge in [-0.2, -0.15) is 0 Å². The zero-order valence-corrected chi connectivity index (χ0v) is 13.1.